The van der Waals surface area contributed by atoms with Crippen molar-refractivity contribution in [1.82, 2.24) is 15.3 Å². The van der Waals surface area contributed by atoms with E-state index in [1.165, 1.54) is 12.7 Å². The van der Waals surface area contributed by atoms with E-state index in [9.17, 15) is 19.5 Å². The number of ketones is 1. The number of methoxy groups -OCH3 is 1. The molecule has 0 saturated heterocycles. The number of aromatic amines is 2. The average molecular weight is 595 g/mol. The van der Waals surface area contributed by atoms with Gasteiger partial charge in [-0.05, 0) is 43.1 Å². The molecule has 0 spiro atoms. The lowest BCUT2D eigenvalue weighted by Gasteiger charge is -2.20. The van der Waals surface area contributed by atoms with Crippen LogP contribution in [0.1, 0.15) is 78.6 Å². The quantitative estimate of drug-likeness (QED) is 0.292. The molecule has 0 saturated carbocycles. The van der Waals surface area contributed by atoms with Crippen LogP contribution in [0.2, 0.25) is 0 Å². The number of nitrogens with one attached hydrogen (secondary N) is 3. The Morgan fingerprint density at radius 2 is 1.98 bits per heavy atom. The fourth-order valence-corrected chi connectivity index (χ4v) is 7.42. The Morgan fingerprint density at radius 1 is 1.23 bits per heavy atom. The summed E-state index contributed by atoms with van der Waals surface area (Å²) in [5.41, 5.74) is 9.68. The van der Waals surface area contributed by atoms with Gasteiger partial charge in [0.2, 0.25) is 0 Å². The number of carboxylic acids is 1. The molecule has 8 bridgehead atoms. The maximum absolute atomic E-state index is 14.0. The van der Waals surface area contributed by atoms with Gasteiger partial charge in [0.05, 0.1) is 18.5 Å². The lowest BCUT2D eigenvalue weighted by Crippen LogP contribution is -2.26. The second kappa shape index (κ2) is 10.8. The van der Waals surface area contributed by atoms with Crippen LogP contribution >= 0.6 is 0 Å². The van der Waals surface area contributed by atoms with Gasteiger partial charge in [0.15, 0.2) is 5.78 Å². The van der Waals surface area contributed by atoms with Gasteiger partial charge < -0.3 is 25.1 Å². The highest BCUT2D eigenvalue weighted by Crippen LogP contribution is 2.48. The number of carbonyl (C=O) groups is 3. The van der Waals surface area contributed by atoms with Crippen molar-refractivity contribution in [2.75, 3.05) is 7.11 Å². The number of aliphatic carboxylic acids is 1. The van der Waals surface area contributed by atoms with Crippen LogP contribution < -0.4 is 15.9 Å². The maximum atomic E-state index is 14.0. The topological polar surface area (TPSA) is 137 Å². The van der Waals surface area contributed by atoms with Crippen molar-refractivity contribution >= 4 is 53.8 Å². The van der Waals surface area contributed by atoms with Crippen LogP contribution in [0.25, 0.3) is 30.4 Å². The van der Waals surface area contributed by atoms with Gasteiger partial charge in [-0.15, -0.1) is 0 Å². The number of fused-ring (bicyclic) bond motifs is 6. The molecule has 2 aromatic rings. The van der Waals surface area contributed by atoms with E-state index in [2.05, 4.69) is 48.4 Å². The summed E-state index contributed by atoms with van der Waals surface area (Å²) in [5.74, 6) is -3.44. The maximum Gasteiger partial charge on any atom is 0.321 e. The molecule has 2 aromatic heterocycles. The monoisotopic (exact) mass is 594 g/mol. The first-order valence-corrected chi connectivity index (χ1v) is 15.1. The molecule has 5 heterocycles. The summed E-state index contributed by atoms with van der Waals surface area (Å²) < 4.78 is 5.14. The SMILES string of the molecule is C=Cc1c2[nH]c(c1=C)=CC1=N/C(=C3\c4[nH]c(c(C)c4C(=O)[C@@H]3C(=O)OC)CC3=C(CC)C(C)/C(=C/2)N3)[C@@H](CCC(=O)O)[C@@H]1C. The lowest BCUT2D eigenvalue weighted by atomic mass is 9.83. The number of aromatic nitrogens is 2. The summed E-state index contributed by atoms with van der Waals surface area (Å²) in [5, 5.41) is 14.8. The van der Waals surface area contributed by atoms with Crippen LogP contribution in [0.4, 0.5) is 0 Å². The summed E-state index contributed by atoms with van der Waals surface area (Å²) in [6.45, 7) is 16.6. The van der Waals surface area contributed by atoms with Crippen LogP contribution in [0, 0.1) is 30.6 Å². The molecule has 1 unspecified atom stereocenters. The van der Waals surface area contributed by atoms with Gasteiger partial charge in [0, 0.05) is 86.4 Å². The predicted molar refractivity (Wildman–Crippen MR) is 171 cm³/mol. The minimum absolute atomic E-state index is 0.0769. The molecule has 0 fully saturated rings. The summed E-state index contributed by atoms with van der Waals surface area (Å²) in [6.07, 6.45) is 7.49. The smallest absolute Gasteiger partial charge is 0.321 e. The molecule has 4 N–H and O–H groups in total. The number of ether oxygens (including phenoxy) is 1. The molecular formula is C35H38N4O5. The van der Waals surface area contributed by atoms with Gasteiger partial charge in [-0.3, -0.25) is 19.4 Å². The van der Waals surface area contributed by atoms with E-state index in [-0.39, 0.29) is 30.0 Å². The molecule has 3 aliphatic heterocycles. The van der Waals surface area contributed by atoms with Gasteiger partial charge in [-0.25, -0.2) is 0 Å². The Balaban J connectivity index is 1.69. The molecule has 4 atom stereocenters. The Kier molecular flexibility index (Phi) is 7.22. The molecule has 9 heteroatoms. The fourth-order valence-electron chi connectivity index (χ4n) is 7.42. The van der Waals surface area contributed by atoms with Gasteiger partial charge in [0.25, 0.3) is 0 Å². The number of rotatable bonds is 6. The number of Topliss-reactive ketones (excluding diaryl/α,β-unsaturated/α-hetero) is 1. The number of hydrogen-bond acceptors (Lipinski definition) is 6. The van der Waals surface area contributed by atoms with E-state index in [1.54, 1.807) is 6.08 Å². The third kappa shape index (κ3) is 4.36. The Bertz CT molecular complexity index is 1900. The molecule has 0 amide bonds. The summed E-state index contributed by atoms with van der Waals surface area (Å²) in [7, 11) is 1.27. The highest BCUT2D eigenvalue weighted by atomic mass is 16.5. The van der Waals surface area contributed by atoms with Crippen LogP contribution in [0.15, 0.2) is 34.2 Å². The first kappa shape index (κ1) is 29.4. The molecule has 0 aromatic carbocycles. The van der Waals surface area contributed by atoms with Crippen molar-refractivity contribution < 1.29 is 24.2 Å². The van der Waals surface area contributed by atoms with E-state index in [0.29, 0.717) is 41.1 Å². The zero-order valence-electron chi connectivity index (χ0n) is 25.8. The Morgan fingerprint density at radius 3 is 2.64 bits per heavy atom. The fraction of sp³-hybridized carbons (Fsp3) is 0.371. The lowest BCUT2D eigenvalue weighted by molar-refractivity contribution is -0.142. The predicted octanol–water partition coefficient (Wildman–Crippen LogP) is 4.25. The second-order valence-electron chi connectivity index (χ2n) is 12.1. The minimum Gasteiger partial charge on any atom is -0.481 e. The number of nitrogens with zero attached hydrogens (tertiary/aromatic N) is 1. The number of carbonyl (C=O) groups excluding carboxylic acids is 2. The van der Waals surface area contributed by atoms with Crippen LogP contribution in [0.3, 0.4) is 0 Å². The number of hydrogen-bond donors (Lipinski definition) is 4. The van der Waals surface area contributed by atoms with Crippen molar-refractivity contribution in [1.29, 1.82) is 0 Å². The standard InChI is InChI=1S/C35H38N4O5/c1-8-19-15(3)22-12-24-17(5)21(10-11-28(40)41)32(38-24)30-31(35(43)44-7)34(42)29-18(6)25(39-33(29)30)14-27-20(9-2)16(4)23(37-27)13-26(19)36-22/h8,12-13,16-17,21,31,36-37,39H,1,3,9-11,14H2,2,4-7H3,(H,40,41)/b22-12?,23-13-,32-30-/t16?,17-,21-,31+/m0/s1. The van der Waals surface area contributed by atoms with Crippen molar-refractivity contribution in [2.24, 2.45) is 28.7 Å². The molecule has 4 aliphatic rings. The Hall–Kier alpha value is -4.66. The van der Waals surface area contributed by atoms with Crippen LogP contribution in [0.5, 0.6) is 0 Å². The summed E-state index contributed by atoms with van der Waals surface area (Å²) >= 11 is 0. The molecule has 9 nitrogen and oxygen atoms in total. The first-order chi connectivity index (χ1) is 21.0. The third-order valence-electron chi connectivity index (χ3n) is 9.89. The zero-order chi connectivity index (χ0) is 31.6. The average Bonchev–Trinajstić information content (AvgIpc) is 3.72. The number of aliphatic imine (C=N–C) groups is 1. The zero-order valence-corrected chi connectivity index (χ0v) is 25.8. The van der Waals surface area contributed by atoms with Crippen molar-refractivity contribution in [3.8, 4) is 0 Å². The van der Waals surface area contributed by atoms with E-state index < -0.39 is 17.9 Å². The van der Waals surface area contributed by atoms with Gasteiger partial charge in [-0.2, -0.15) is 0 Å². The number of esters is 1. The Labute approximate surface area is 255 Å². The molecule has 0 radical (unpaired) electrons. The molecule has 44 heavy (non-hydrogen) atoms. The highest BCUT2D eigenvalue weighted by molar-refractivity contribution is 6.25. The molecule has 1 aliphatic carbocycles. The second-order valence-corrected chi connectivity index (χ2v) is 12.1. The molecule has 228 valence electrons. The van der Waals surface area contributed by atoms with Crippen LogP contribution in [-0.2, 0) is 20.7 Å². The van der Waals surface area contributed by atoms with Crippen molar-refractivity contribution in [3.63, 3.8) is 0 Å². The number of allylic oxidation sites excluding steroid dienone is 3. The van der Waals surface area contributed by atoms with E-state index in [1.807, 2.05) is 19.9 Å². The minimum atomic E-state index is -1.18. The van der Waals surface area contributed by atoms with Gasteiger partial charge in [0.1, 0.15) is 5.92 Å². The van der Waals surface area contributed by atoms with Crippen LogP contribution in [-0.4, -0.2) is 45.6 Å². The molecular weight excluding hydrogens is 556 g/mol. The van der Waals surface area contributed by atoms with E-state index in [4.69, 9.17) is 9.73 Å². The normalized spacial score (nSPS) is 26.6. The van der Waals surface area contributed by atoms with Gasteiger partial charge in [-0.1, -0.05) is 40.0 Å². The number of H-pyrrole nitrogens is 2. The first-order valence-electron chi connectivity index (χ1n) is 15.1. The van der Waals surface area contributed by atoms with Gasteiger partial charge >= 0.3 is 11.9 Å². The van der Waals surface area contributed by atoms with Crippen molar-refractivity contribution in [3.05, 3.63) is 73.6 Å². The molecule has 6 rings (SSSR count). The van der Waals surface area contributed by atoms with E-state index >= 15 is 0 Å². The summed E-state index contributed by atoms with van der Waals surface area (Å²) in [6, 6.07) is 0. The highest BCUT2D eigenvalue weighted by Gasteiger charge is 2.48. The number of carboxylic acid groups (broad SMARTS) is 1. The largest absolute Gasteiger partial charge is 0.481 e. The summed E-state index contributed by atoms with van der Waals surface area (Å²) in [4.78, 5) is 51.1. The third-order valence-corrected chi connectivity index (χ3v) is 9.89. The van der Waals surface area contributed by atoms with E-state index in [0.717, 1.165) is 50.9 Å². The van der Waals surface area contributed by atoms with Crippen molar-refractivity contribution in [2.45, 2.75) is 53.4 Å².